The lowest BCUT2D eigenvalue weighted by Crippen LogP contribution is -2.58. The van der Waals surface area contributed by atoms with E-state index in [9.17, 15) is 15.6 Å². The van der Waals surface area contributed by atoms with Gasteiger partial charge in [0.25, 0.3) is 0 Å². The third-order valence-corrected chi connectivity index (χ3v) is 8.24. The minimum atomic E-state index is -1.01. The summed E-state index contributed by atoms with van der Waals surface area (Å²) < 4.78 is 6.56. The minimum Gasteiger partial charge on any atom is -0.389 e. The molecule has 1 N–H and O–H groups in total. The first-order valence-corrected chi connectivity index (χ1v) is 10.7. The van der Waals surface area contributed by atoms with Crippen molar-refractivity contribution in [2.24, 2.45) is 29.1 Å². The van der Waals surface area contributed by atoms with Crippen molar-refractivity contribution in [2.45, 2.75) is 95.3 Å². The number of rotatable bonds is 2. The van der Waals surface area contributed by atoms with Crippen molar-refractivity contribution < 1.29 is 9.84 Å². The van der Waals surface area contributed by atoms with E-state index < -0.39 is 21.8 Å². The molecule has 27 heavy (non-hydrogen) atoms. The van der Waals surface area contributed by atoms with Crippen LogP contribution in [0.4, 0.5) is 0 Å². The van der Waals surface area contributed by atoms with Gasteiger partial charge < -0.3 is 9.84 Å². The van der Waals surface area contributed by atoms with Crippen LogP contribution in [0.2, 0.25) is 0 Å². The zero-order chi connectivity index (χ0) is 20.3. The third kappa shape index (κ3) is 3.39. The molecule has 2 aliphatic carbocycles. The molecule has 5 heteroatoms. The fourth-order valence-corrected chi connectivity index (χ4v) is 6.38. The van der Waals surface area contributed by atoms with Crippen LogP contribution in [-0.4, -0.2) is 27.3 Å². The van der Waals surface area contributed by atoms with E-state index in [2.05, 4.69) is 19.1 Å². The van der Waals surface area contributed by atoms with Gasteiger partial charge in [-0.25, -0.2) is 0 Å². The van der Waals surface area contributed by atoms with Crippen molar-refractivity contribution >= 4 is 11.6 Å². The molecule has 3 fully saturated rings. The van der Waals surface area contributed by atoms with Gasteiger partial charge in [-0.3, -0.25) is 0 Å². The van der Waals surface area contributed by atoms with E-state index in [1.54, 1.807) is 6.92 Å². The van der Waals surface area contributed by atoms with Crippen LogP contribution in [0.5, 0.6) is 0 Å². The Morgan fingerprint density at radius 3 is 2.19 bits per heavy atom. The second-order valence-electron chi connectivity index (χ2n) is 10.4. The van der Waals surface area contributed by atoms with Gasteiger partial charge in [-0.1, -0.05) is 0 Å². The predicted molar refractivity (Wildman–Crippen MR) is 105 cm³/mol. The number of hydrogen-bond donors (Lipinski definition) is 1. The molecule has 1 heterocycles. The van der Waals surface area contributed by atoms with E-state index in [0.717, 1.165) is 32.1 Å². The number of halogens is 1. The molecule has 0 unspecified atom stereocenters. The summed E-state index contributed by atoms with van der Waals surface area (Å²) in [6, 6.07) is 4.98. The van der Waals surface area contributed by atoms with E-state index in [4.69, 9.17) is 16.3 Å². The quantitative estimate of drug-likeness (QED) is 0.684. The lowest BCUT2D eigenvalue weighted by atomic mass is 9.48. The molecule has 0 bridgehead atoms. The first-order valence-electron chi connectivity index (χ1n) is 10.3. The van der Waals surface area contributed by atoms with Crippen molar-refractivity contribution in [1.29, 1.82) is 10.5 Å². The van der Waals surface area contributed by atoms with Gasteiger partial charge in [0.05, 0.1) is 45.7 Å². The van der Waals surface area contributed by atoms with Gasteiger partial charge in [0.1, 0.15) is 0 Å². The summed E-state index contributed by atoms with van der Waals surface area (Å²) in [7, 11) is 0. The molecule has 4 nitrogen and oxygen atoms in total. The first-order chi connectivity index (χ1) is 12.4. The maximum atomic E-state index is 11.0. The Balaban J connectivity index is 1.99. The highest BCUT2D eigenvalue weighted by atomic mass is 35.5. The standard InChI is InChI=1S/C22H33ClN2O2/c1-19(2,23)17-8-11-22(5,27-17)15-6-9-20(3,13-25)14-7-10-21(4,26)16(12-24)18(14)15/h14-18,26H,6-11H2,1-5H3/t14-,15-,16+,17-,18-,20+,21+,22+/m0/s1. The number of fused-ring (bicyclic) bond motifs is 1. The molecule has 0 aromatic carbocycles. The molecule has 0 spiro atoms. The van der Waals surface area contributed by atoms with Gasteiger partial charge in [0.15, 0.2) is 0 Å². The minimum absolute atomic E-state index is 0.0171. The number of nitrogens with zero attached hydrogens (tertiary/aromatic N) is 2. The maximum absolute atomic E-state index is 11.0. The highest BCUT2D eigenvalue weighted by molar-refractivity contribution is 6.23. The molecular formula is C22H33ClN2O2. The summed E-state index contributed by atoms with van der Waals surface area (Å²) in [5.41, 5.74) is -1.81. The normalized spacial score (nSPS) is 50.5. The van der Waals surface area contributed by atoms with Gasteiger partial charge in [-0.15, -0.1) is 11.6 Å². The average molecular weight is 393 g/mol. The molecule has 0 radical (unpaired) electrons. The largest absolute Gasteiger partial charge is 0.389 e. The van der Waals surface area contributed by atoms with Crippen LogP contribution < -0.4 is 0 Å². The molecule has 150 valence electrons. The zero-order valence-corrected chi connectivity index (χ0v) is 18.0. The van der Waals surface area contributed by atoms with Crippen molar-refractivity contribution in [3.05, 3.63) is 0 Å². The predicted octanol–water partition coefficient (Wildman–Crippen LogP) is 4.80. The first kappa shape index (κ1) is 20.9. The molecule has 2 saturated carbocycles. The average Bonchev–Trinajstić information content (AvgIpc) is 2.98. The molecule has 0 amide bonds. The maximum Gasteiger partial charge on any atom is 0.0783 e. The molecule has 1 saturated heterocycles. The Hall–Kier alpha value is -0.810. The Morgan fingerprint density at radius 2 is 1.67 bits per heavy atom. The molecule has 8 atom stereocenters. The fraction of sp³-hybridized carbons (Fsp3) is 0.909. The van der Waals surface area contributed by atoms with Crippen LogP contribution in [0.3, 0.4) is 0 Å². The van der Waals surface area contributed by atoms with E-state index in [0.29, 0.717) is 6.42 Å². The molecule has 3 rings (SSSR count). The highest BCUT2D eigenvalue weighted by Crippen LogP contribution is 2.61. The second kappa shape index (κ2) is 6.62. The highest BCUT2D eigenvalue weighted by Gasteiger charge is 2.61. The van der Waals surface area contributed by atoms with Crippen molar-refractivity contribution in [1.82, 2.24) is 0 Å². The van der Waals surface area contributed by atoms with Gasteiger partial charge in [-0.05, 0) is 90.9 Å². The van der Waals surface area contributed by atoms with Crippen LogP contribution in [0.25, 0.3) is 0 Å². The molecule has 0 aromatic rings. The Kier molecular flexibility index (Phi) is 5.13. The van der Waals surface area contributed by atoms with Crippen LogP contribution in [0.1, 0.15) is 73.1 Å². The van der Waals surface area contributed by atoms with Crippen molar-refractivity contribution in [3.8, 4) is 12.1 Å². The SMILES string of the molecule is CC(C)(Cl)[C@@H]1CC[C@](C)([C@H]2CC[C@](C)(C#N)[C@H]3CC[C@@](C)(O)[C@H](C#N)[C@@H]32)O1. The van der Waals surface area contributed by atoms with Gasteiger partial charge in [-0.2, -0.15) is 10.5 Å². The third-order valence-electron chi connectivity index (χ3n) is 8.00. The van der Waals surface area contributed by atoms with E-state index in [-0.39, 0.29) is 29.5 Å². The summed E-state index contributed by atoms with van der Waals surface area (Å²) in [5.74, 6) is -0.226. The lowest BCUT2D eigenvalue weighted by Gasteiger charge is -2.57. The van der Waals surface area contributed by atoms with E-state index >= 15 is 0 Å². The number of ether oxygens (including phenoxy) is 1. The second-order valence-corrected chi connectivity index (χ2v) is 11.4. The van der Waals surface area contributed by atoms with Gasteiger partial charge in [0.2, 0.25) is 0 Å². The van der Waals surface area contributed by atoms with Crippen molar-refractivity contribution in [3.63, 3.8) is 0 Å². The van der Waals surface area contributed by atoms with Crippen molar-refractivity contribution in [2.75, 3.05) is 0 Å². The lowest BCUT2D eigenvalue weighted by molar-refractivity contribution is -0.168. The topological polar surface area (TPSA) is 77.0 Å². The molecule has 1 aliphatic heterocycles. The van der Waals surface area contributed by atoms with Gasteiger partial charge >= 0.3 is 0 Å². The summed E-state index contributed by atoms with van der Waals surface area (Å²) in [4.78, 5) is -0.431. The summed E-state index contributed by atoms with van der Waals surface area (Å²) in [6.07, 6.45) is 4.84. The summed E-state index contributed by atoms with van der Waals surface area (Å²) in [5, 5.41) is 30.9. The molecule has 0 aromatic heterocycles. The monoisotopic (exact) mass is 392 g/mol. The number of nitriles is 2. The van der Waals surface area contributed by atoms with Crippen LogP contribution in [0, 0.1) is 51.7 Å². The summed E-state index contributed by atoms with van der Waals surface area (Å²) in [6.45, 7) is 9.97. The zero-order valence-electron chi connectivity index (χ0n) is 17.3. The van der Waals surface area contributed by atoms with E-state index in [1.807, 2.05) is 20.8 Å². The Labute approximate surface area is 168 Å². The number of alkyl halides is 1. The Bertz CT molecular complexity index is 673. The van der Waals surface area contributed by atoms with Crippen LogP contribution >= 0.6 is 11.6 Å². The number of aliphatic hydroxyl groups is 1. The Morgan fingerprint density at radius 1 is 1.04 bits per heavy atom. The number of hydrogen-bond acceptors (Lipinski definition) is 4. The summed E-state index contributed by atoms with van der Waals surface area (Å²) >= 11 is 6.55. The molecule has 3 aliphatic rings. The fourth-order valence-electron chi connectivity index (χ4n) is 6.22. The smallest absolute Gasteiger partial charge is 0.0783 e. The molecular weight excluding hydrogens is 360 g/mol. The van der Waals surface area contributed by atoms with Gasteiger partial charge in [0, 0.05) is 0 Å². The van der Waals surface area contributed by atoms with Crippen LogP contribution in [-0.2, 0) is 4.74 Å². The van der Waals surface area contributed by atoms with Crippen LogP contribution in [0.15, 0.2) is 0 Å². The van der Waals surface area contributed by atoms with E-state index in [1.165, 1.54) is 0 Å².